The van der Waals surface area contributed by atoms with Crippen molar-refractivity contribution in [2.45, 2.75) is 0 Å². The van der Waals surface area contributed by atoms with Crippen molar-refractivity contribution in [3.63, 3.8) is 0 Å². The summed E-state index contributed by atoms with van der Waals surface area (Å²) in [5, 5.41) is 8.62. The summed E-state index contributed by atoms with van der Waals surface area (Å²) in [7, 11) is 2.68. The first-order valence-electron chi connectivity index (χ1n) is 4.55. The third kappa shape index (κ3) is 2.85. The Bertz CT molecular complexity index is 440. The zero-order chi connectivity index (χ0) is 12.0. The zero-order valence-electron chi connectivity index (χ0n) is 9.06. The molecule has 1 aromatic carbocycles. The highest BCUT2D eigenvalue weighted by molar-refractivity contribution is 5.91. The molecule has 0 aromatic heterocycles. The third-order valence-corrected chi connectivity index (χ3v) is 1.94. The number of carbonyl (C=O) groups excluding carboxylic acids is 1. The van der Waals surface area contributed by atoms with E-state index in [0.717, 1.165) is 5.56 Å². The smallest absolute Gasteiger partial charge is 0.373 e. The predicted octanol–water partition coefficient (Wildman–Crippen LogP) is 1.72. The van der Waals surface area contributed by atoms with Gasteiger partial charge in [0.05, 0.1) is 25.9 Å². The molecule has 0 amide bonds. The summed E-state index contributed by atoms with van der Waals surface area (Å²) in [5.74, 6) is -0.418. The Hall–Kier alpha value is -2.28. The normalized spacial score (nSPS) is 10.4. The zero-order valence-corrected chi connectivity index (χ0v) is 9.06. The van der Waals surface area contributed by atoms with Crippen molar-refractivity contribution in [2.75, 3.05) is 14.2 Å². The molecule has 0 aliphatic rings. The quantitative estimate of drug-likeness (QED) is 0.439. The van der Waals surface area contributed by atoms with Crippen molar-refractivity contribution < 1.29 is 14.3 Å². The van der Waals surface area contributed by atoms with E-state index in [0.29, 0.717) is 5.56 Å². The second-order valence-corrected chi connectivity index (χ2v) is 2.94. The van der Waals surface area contributed by atoms with Gasteiger partial charge in [0.1, 0.15) is 0 Å². The van der Waals surface area contributed by atoms with Crippen LogP contribution in [0, 0.1) is 11.3 Å². The van der Waals surface area contributed by atoms with Crippen LogP contribution in [0.15, 0.2) is 30.0 Å². The highest BCUT2D eigenvalue weighted by Gasteiger charge is 2.08. The maximum Gasteiger partial charge on any atom is 0.373 e. The monoisotopic (exact) mass is 217 g/mol. The third-order valence-electron chi connectivity index (χ3n) is 1.94. The Kier molecular flexibility index (Phi) is 4.10. The summed E-state index contributed by atoms with van der Waals surface area (Å²) in [6, 6.07) is 8.78. The minimum absolute atomic E-state index is 0.118. The fraction of sp³-hybridized carbons (Fsp3) is 0.167. The molecular formula is C12H11NO3. The molecular weight excluding hydrogens is 206 g/mol. The average Bonchev–Trinajstić information content (AvgIpc) is 2.35. The lowest BCUT2D eigenvalue weighted by molar-refractivity contribution is -0.139. The second kappa shape index (κ2) is 5.56. The van der Waals surface area contributed by atoms with Gasteiger partial charge in [-0.15, -0.1) is 0 Å². The fourth-order valence-electron chi connectivity index (χ4n) is 1.11. The predicted molar refractivity (Wildman–Crippen MR) is 58.2 cm³/mol. The Morgan fingerprint density at radius 2 is 1.88 bits per heavy atom. The summed E-state index contributed by atoms with van der Waals surface area (Å²) in [5.41, 5.74) is 1.33. The molecule has 0 aliphatic heterocycles. The Balaban J connectivity index is 2.96. The van der Waals surface area contributed by atoms with E-state index < -0.39 is 5.97 Å². The lowest BCUT2D eigenvalue weighted by Crippen LogP contribution is -2.06. The average molecular weight is 217 g/mol. The van der Waals surface area contributed by atoms with Crippen molar-refractivity contribution in [1.29, 1.82) is 5.26 Å². The van der Waals surface area contributed by atoms with Crippen molar-refractivity contribution in [3.8, 4) is 6.07 Å². The first kappa shape index (κ1) is 11.8. The molecule has 1 rings (SSSR count). The number of benzene rings is 1. The number of nitriles is 1. The van der Waals surface area contributed by atoms with Crippen molar-refractivity contribution >= 4 is 12.0 Å². The largest absolute Gasteiger partial charge is 0.490 e. The standard InChI is InChI=1S/C12H11NO3/c1-15-11(12(14)16-2)7-9-3-5-10(8-13)6-4-9/h3-7H,1-2H3/b11-7-. The minimum atomic E-state index is -0.535. The number of nitrogens with zero attached hydrogens (tertiary/aromatic N) is 1. The molecule has 0 fully saturated rings. The number of hydrogen-bond acceptors (Lipinski definition) is 4. The van der Waals surface area contributed by atoms with Crippen LogP contribution in [-0.2, 0) is 14.3 Å². The molecule has 0 heterocycles. The van der Waals surface area contributed by atoms with Gasteiger partial charge in [-0.2, -0.15) is 5.26 Å². The Morgan fingerprint density at radius 3 is 2.31 bits per heavy atom. The lowest BCUT2D eigenvalue weighted by atomic mass is 10.1. The summed E-state index contributed by atoms with van der Waals surface area (Å²) >= 11 is 0. The summed E-state index contributed by atoms with van der Waals surface area (Å²) in [4.78, 5) is 11.2. The molecule has 16 heavy (non-hydrogen) atoms. The number of rotatable bonds is 3. The first-order chi connectivity index (χ1) is 7.71. The van der Waals surface area contributed by atoms with E-state index in [1.54, 1.807) is 30.3 Å². The summed E-state index contributed by atoms with van der Waals surface area (Å²) in [6.07, 6.45) is 1.55. The van der Waals surface area contributed by atoms with Gasteiger partial charge in [-0.1, -0.05) is 12.1 Å². The Labute approximate surface area is 93.7 Å². The van der Waals surface area contributed by atoms with Crippen molar-refractivity contribution in [1.82, 2.24) is 0 Å². The fourth-order valence-corrected chi connectivity index (χ4v) is 1.11. The van der Waals surface area contributed by atoms with Crippen LogP contribution in [0.5, 0.6) is 0 Å². The van der Waals surface area contributed by atoms with Crippen LogP contribution < -0.4 is 0 Å². The number of hydrogen-bond donors (Lipinski definition) is 0. The molecule has 0 N–H and O–H groups in total. The molecule has 0 atom stereocenters. The van der Waals surface area contributed by atoms with Gasteiger partial charge in [0.2, 0.25) is 5.76 Å². The van der Waals surface area contributed by atoms with E-state index in [9.17, 15) is 4.79 Å². The van der Waals surface area contributed by atoms with Crippen LogP contribution >= 0.6 is 0 Å². The molecule has 0 radical (unpaired) electrons. The topological polar surface area (TPSA) is 59.3 Å². The number of ether oxygens (including phenoxy) is 2. The van der Waals surface area contributed by atoms with E-state index in [2.05, 4.69) is 4.74 Å². The molecule has 4 nitrogen and oxygen atoms in total. The molecule has 0 saturated heterocycles. The lowest BCUT2D eigenvalue weighted by Gasteiger charge is -2.03. The van der Waals surface area contributed by atoms with E-state index in [1.165, 1.54) is 14.2 Å². The maximum absolute atomic E-state index is 11.2. The van der Waals surface area contributed by atoms with Gasteiger partial charge in [0.25, 0.3) is 0 Å². The van der Waals surface area contributed by atoms with Gasteiger partial charge in [-0.05, 0) is 23.8 Å². The van der Waals surface area contributed by atoms with Crippen LogP contribution in [0.4, 0.5) is 0 Å². The molecule has 0 aliphatic carbocycles. The maximum atomic E-state index is 11.2. The highest BCUT2D eigenvalue weighted by atomic mass is 16.6. The highest BCUT2D eigenvalue weighted by Crippen LogP contribution is 2.10. The molecule has 1 aromatic rings. The van der Waals surface area contributed by atoms with Gasteiger partial charge in [0.15, 0.2) is 0 Å². The van der Waals surface area contributed by atoms with Crippen LogP contribution in [0.2, 0.25) is 0 Å². The second-order valence-electron chi connectivity index (χ2n) is 2.94. The molecule has 4 heteroatoms. The van der Waals surface area contributed by atoms with Crippen LogP contribution in [0.1, 0.15) is 11.1 Å². The first-order valence-corrected chi connectivity index (χ1v) is 4.55. The van der Waals surface area contributed by atoms with Gasteiger partial charge in [-0.3, -0.25) is 0 Å². The van der Waals surface area contributed by atoms with Gasteiger partial charge in [-0.25, -0.2) is 4.79 Å². The van der Waals surface area contributed by atoms with Crippen molar-refractivity contribution in [3.05, 3.63) is 41.2 Å². The van der Waals surface area contributed by atoms with Crippen LogP contribution in [0.25, 0.3) is 6.08 Å². The van der Waals surface area contributed by atoms with Gasteiger partial charge < -0.3 is 9.47 Å². The van der Waals surface area contributed by atoms with Gasteiger partial charge >= 0.3 is 5.97 Å². The van der Waals surface area contributed by atoms with Crippen LogP contribution in [-0.4, -0.2) is 20.2 Å². The number of esters is 1. The van der Waals surface area contributed by atoms with Crippen molar-refractivity contribution in [2.24, 2.45) is 0 Å². The number of carbonyl (C=O) groups is 1. The SMILES string of the molecule is COC(=O)/C(=C/c1ccc(C#N)cc1)OC. The molecule has 0 spiro atoms. The summed E-state index contributed by atoms with van der Waals surface area (Å²) < 4.78 is 9.42. The molecule has 0 bridgehead atoms. The minimum Gasteiger partial charge on any atom is -0.490 e. The molecule has 0 saturated carbocycles. The van der Waals surface area contributed by atoms with E-state index in [4.69, 9.17) is 10.00 Å². The van der Waals surface area contributed by atoms with E-state index in [-0.39, 0.29) is 5.76 Å². The molecule has 0 unspecified atom stereocenters. The molecule has 82 valence electrons. The summed E-state index contributed by atoms with van der Waals surface area (Å²) in [6.45, 7) is 0. The van der Waals surface area contributed by atoms with Crippen LogP contribution in [0.3, 0.4) is 0 Å². The van der Waals surface area contributed by atoms with Gasteiger partial charge in [0, 0.05) is 0 Å². The number of methoxy groups -OCH3 is 2. The van der Waals surface area contributed by atoms with E-state index >= 15 is 0 Å². The van der Waals surface area contributed by atoms with E-state index in [1.807, 2.05) is 6.07 Å². The Morgan fingerprint density at radius 1 is 1.25 bits per heavy atom.